The summed E-state index contributed by atoms with van der Waals surface area (Å²) in [7, 11) is 0. The smallest absolute Gasteiger partial charge is 0.176 e. The lowest BCUT2D eigenvalue weighted by Gasteiger charge is -2.14. The lowest BCUT2D eigenvalue weighted by Crippen LogP contribution is -2.23. The summed E-state index contributed by atoms with van der Waals surface area (Å²) in [5.74, 6) is 0.541. The minimum atomic E-state index is -0.298. The second-order valence-electron chi connectivity index (χ2n) is 3.04. The van der Waals surface area contributed by atoms with Gasteiger partial charge in [0.1, 0.15) is 5.84 Å². The number of thiophene rings is 1. The van der Waals surface area contributed by atoms with Gasteiger partial charge in [-0.25, -0.2) is 0 Å². The van der Waals surface area contributed by atoms with Gasteiger partial charge in [-0.3, -0.25) is 4.99 Å². The van der Waals surface area contributed by atoms with Gasteiger partial charge in [0.25, 0.3) is 0 Å². The molecular formula is C11H18N2O2S. The van der Waals surface area contributed by atoms with Crippen LogP contribution in [-0.2, 0) is 9.47 Å². The average molecular weight is 242 g/mol. The van der Waals surface area contributed by atoms with E-state index in [1.54, 1.807) is 11.3 Å². The number of nitrogens with two attached hydrogens (primary N) is 1. The molecule has 0 atom stereocenters. The quantitative estimate of drug-likeness (QED) is 0.451. The van der Waals surface area contributed by atoms with Crippen LogP contribution in [0.1, 0.15) is 18.7 Å². The maximum atomic E-state index is 5.83. The Labute approximate surface area is 100 Å². The Morgan fingerprint density at radius 2 is 2.12 bits per heavy atom. The molecule has 0 aromatic carbocycles. The number of ether oxygens (including phenoxy) is 2. The Balaban J connectivity index is 2.49. The fourth-order valence-corrected chi connectivity index (χ4v) is 1.85. The molecule has 0 aliphatic rings. The molecule has 0 aliphatic carbocycles. The molecule has 0 spiro atoms. The predicted molar refractivity (Wildman–Crippen MR) is 67.0 cm³/mol. The van der Waals surface area contributed by atoms with Crippen LogP contribution in [-0.4, -0.2) is 31.9 Å². The molecule has 0 saturated heterocycles. The normalized spacial score (nSPS) is 12.3. The van der Waals surface area contributed by atoms with Crippen molar-refractivity contribution in [1.29, 1.82) is 0 Å². The number of hydrogen-bond acceptors (Lipinski definition) is 4. The first-order valence-corrected chi connectivity index (χ1v) is 6.22. The van der Waals surface area contributed by atoms with Gasteiger partial charge in [-0.2, -0.15) is 0 Å². The van der Waals surface area contributed by atoms with Crippen LogP contribution in [0.5, 0.6) is 0 Å². The van der Waals surface area contributed by atoms with Gasteiger partial charge >= 0.3 is 0 Å². The average Bonchev–Trinajstić information content (AvgIpc) is 2.79. The number of hydrogen-bond donors (Lipinski definition) is 1. The van der Waals surface area contributed by atoms with Crippen molar-refractivity contribution in [3.63, 3.8) is 0 Å². The Kier molecular flexibility index (Phi) is 6.07. The first-order chi connectivity index (χ1) is 7.77. The zero-order valence-electron chi connectivity index (χ0n) is 9.68. The third-order valence-electron chi connectivity index (χ3n) is 1.89. The summed E-state index contributed by atoms with van der Waals surface area (Å²) in [6, 6.07) is 3.89. The van der Waals surface area contributed by atoms with Crippen LogP contribution in [0, 0.1) is 0 Å². The standard InChI is InChI=1S/C11H18N2O2S/c1-3-14-10(15-4-2)8-13-11(12)9-6-5-7-16-9/h5-7,10H,3-4,8H2,1-2H3,(H2,12,13). The lowest BCUT2D eigenvalue weighted by atomic mass is 10.4. The summed E-state index contributed by atoms with van der Waals surface area (Å²) >= 11 is 1.57. The molecule has 1 rings (SSSR count). The van der Waals surface area contributed by atoms with Crippen molar-refractivity contribution in [3.8, 4) is 0 Å². The minimum absolute atomic E-state index is 0.298. The second kappa shape index (κ2) is 7.38. The summed E-state index contributed by atoms with van der Waals surface area (Å²) in [5.41, 5.74) is 5.83. The van der Waals surface area contributed by atoms with E-state index in [0.29, 0.717) is 25.6 Å². The maximum Gasteiger partial charge on any atom is 0.176 e. The molecular weight excluding hydrogens is 224 g/mol. The van der Waals surface area contributed by atoms with Gasteiger partial charge in [-0.15, -0.1) is 11.3 Å². The topological polar surface area (TPSA) is 56.8 Å². The van der Waals surface area contributed by atoms with Crippen LogP contribution in [0.4, 0.5) is 0 Å². The molecule has 4 nitrogen and oxygen atoms in total. The molecule has 5 heteroatoms. The van der Waals surface area contributed by atoms with Crippen molar-refractivity contribution < 1.29 is 9.47 Å². The molecule has 1 aromatic rings. The van der Waals surface area contributed by atoms with E-state index in [-0.39, 0.29) is 6.29 Å². The summed E-state index contributed by atoms with van der Waals surface area (Å²) in [4.78, 5) is 5.24. The fraction of sp³-hybridized carbons (Fsp3) is 0.545. The highest BCUT2D eigenvalue weighted by Crippen LogP contribution is 2.08. The highest BCUT2D eigenvalue weighted by atomic mass is 32.1. The molecule has 1 aromatic heterocycles. The van der Waals surface area contributed by atoms with Gasteiger partial charge in [0.2, 0.25) is 0 Å². The van der Waals surface area contributed by atoms with Gasteiger partial charge in [-0.05, 0) is 25.3 Å². The van der Waals surface area contributed by atoms with E-state index in [1.807, 2.05) is 31.4 Å². The van der Waals surface area contributed by atoms with Crippen molar-refractivity contribution in [3.05, 3.63) is 22.4 Å². The summed E-state index contributed by atoms with van der Waals surface area (Å²) in [6.45, 7) is 5.51. The largest absolute Gasteiger partial charge is 0.383 e. The van der Waals surface area contributed by atoms with Crippen LogP contribution < -0.4 is 5.73 Å². The molecule has 16 heavy (non-hydrogen) atoms. The Morgan fingerprint density at radius 3 is 2.62 bits per heavy atom. The van der Waals surface area contributed by atoms with Crippen LogP contribution in [0.2, 0.25) is 0 Å². The number of rotatable bonds is 7. The predicted octanol–water partition coefficient (Wildman–Crippen LogP) is 1.85. The highest BCUT2D eigenvalue weighted by Gasteiger charge is 2.07. The van der Waals surface area contributed by atoms with E-state index in [0.717, 1.165) is 4.88 Å². The van der Waals surface area contributed by atoms with E-state index in [9.17, 15) is 0 Å². The zero-order valence-corrected chi connectivity index (χ0v) is 10.5. The van der Waals surface area contributed by atoms with E-state index < -0.39 is 0 Å². The van der Waals surface area contributed by atoms with Crippen molar-refractivity contribution in [2.75, 3.05) is 19.8 Å². The maximum absolute atomic E-state index is 5.83. The SMILES string of the molecule is CCOC(CN=C(N)c1cccs1)OCC. The zero-order chi connectivity index (χ0) is 11.8. The molecule has 0 saturated carbocycles. The molecule has 0 amide bonds. The van der Waals surface area contributed by atoms with Crippen LogP contribution >= 0.6 is 11.3 Å². The summed E-state index contributed by atoms with van der Waals surface area (Å²) in [6.07, 6.45) is -0.298. The first kappa shape index (κ1) is 13.2. The molecule has 0 bridgehead atoms. The molecule has 1 heterocycles. The van der Waals surface area contributed by atoms with E-state index in [1.165, 1.54) is 0 Å². The number of amidine groups is 1. The Bertz CT molecular complexity index is 306. The third kappa shape index (κ3) is 4.30. The van der Waals surface area contributed by atoms with E-state index >= 15 is 0 Å². The summed E-state index contributed by atoms with van der Waals surface area (Å²) < 4.78 is 10.7. The van der Waals surface area contributed by atoms with E-state index in [4.69, 9.17) is 15.2 Å². The highest BCUT2D eigenvalue weighted by molar-refractivity contribution is 7.12. The summed E-state index contributed by atoms with van der Waals surface area (Å²) in [5, 5.41) is 1.97. The molecule has 2 N–H and O–H groups in total. The number of nitrogens with zero attached hydrogens (tertiary/aromatic N) is 1. The van der Waals surface area contributed by atoms with Crippen molar-refractivity contribution in [2.24, 2.45) is 10.7 Å². The monoisotopic (exact) mass is 242 g/mol. The Morgan fingerprint density at radius 1 is 1.44 bits per heavy atom. The van der Waals surface area contributed by atoms with Crippen molar-refractivity contribution in [1.82, 2.24) is 0 Å². The molecule has 0 fully saturated rings. The molecule has 0 unspecified atom stereocenters. The van der Waals surface area contributed by atoms with Crippen LogP contribution in [0.15, 0.2) is 22.5 Å². The van der Waals surface area contributed by atoms with Gasteiger partial charge in [0.05, 0.1) is 11.4 Å². The van der Waals surface area contributed by atoms with Gasteiger partial charge in [0, 0.05) is 13.2 Å². The Hall–Kier alpha value is -0.910. The molecule has 0 aliphatic heterocycles. The van der Waals surface area contributed by atoms with Gasteiger partial charge < -0.3 is 15.2 Å². The minimum Gasteiger partial charge on any atom is -0.383 e. The van der Waals surface area contributed by atoms with Crippen LogP contribution in [0.25, 0.3) is 0 Å². The second-order valence-corrected chi connectivity index (χ2v) is 3.99. The van der Waals surface area contributed by atoms with Crippen molar-refractivity contribution in [2.45, 2.75) is 20.1 Å². The lowest BCUT2D eigenvalue weighted by molar-refractivity contribution is -0.128. The van der Waals surface area contributed by atoms with Crippen LogP contribution in [0.3, 0.4) is 0 Å². The molecule has 90 valence electrons. The fourth-order valence-electron chi connectivity index (χ4n) is 1.20. The third-order valence-corrected chi connectivity index (χ3v) is 2.78. The van der Waals surface area contributed by atoms with Gasteiger partial charge in [0.15, 0.2) is 6.29 Å². The molecule has 0 radical (unpaired) electrons. The van der Waals surface area contributed by atoms with Gasteiger partial charge in [-0.1, -0.05) is 6.07 Å². The first-order valence-electron chi connectivity index (χ1n) is 5.34. The van der Waals surface area contributed by atoms with Crippen molar-refractivity contribution >= 4 is 17.2 Å². The number of aliphatic imine (C=N–C) groups is 1. The van der Waals surface area contributed by atoms with E-state index in [2.05, 4.69) is 4.99 Å².